The highest BCUT2D eigenvalue weighted by Gasteiger charge is 2.68. The Hall–Kier alpha value is -0.420. The molecule has 4 heteroatoms. The maximum atomic E-state index is 11.2. The van der Waals surface area contributed by atoms with Crippen molar-refractivity contribution < 1.29 is 19.7 Å². The van der Waals surface area contributed by atoms with Crippen LogP contribution in [0.3, 0.4) is 0 Å². The molecule has 1 aliphatic carbocycles. The van der Waals surface area contributed by atoms with Crippen molar-refractivity contribution in [3.05, 3.63) is 12.2 Å². The minimum absolute atomic E-state index is 0.0889. The zero-order chi connectivity index (χ0) is 17.5. The zero-order valence-electron chi connectivity index (χ0n) is 15.4. The van der Waals surface area contributed by atoms with Gasteiger partial charge in [0.15, 0.2) is 5.79 Å². The molecule has 136 valence electrons. The lowest BCUT2D eigenvalue weighted by Crippen LogP contribution is -2.51. The highest BCUT2D eigenvalue weighted by atomic mass is 16.7. The second-order valence-corrected chi connectivity index (χ2v) is 9.48. The van der Waals surface area contributed by atoms with Gasteiger partial charge >= 0.3 is 0 Å². The van der Waals surface area contributed by atoms with Gasteiger partial charge < -0.3 is 19.7 Å². The van der Waals surface area contributed by atoms with Crippen molar-refractivity contribution in [2.45, 2.75) is 89.0 Å². The lowest BCUT2D eigenvalue weighted by molar-refractivity contribution is -0.244. The van der Waals surface area contributed by atoms with Crippen LogP contribution in [0.15, 0.2) is 12.2 Å². The summed E-state index contributed by atoms with van der Waals surface area (Å²) in [7, 11) is 0. The molecule has 4 aliphatic rings. The Kier molecular flexibility index (Phi) is 3.59. The van der Waals surface area contributed by atoms with Gasteiger partial charge in [0, 0.05) is 24.7 Å². The molecule has 4 rings (SSSR count). The van der Waals surface area contributed by atoms with E-state index in [1.54, 1.807) is 0 Å². The fourth-order valence-corrected chi connectivity index (χ4v) is 6.25. The Labute approximate surface area is 145 Å². The van der Waals surface area contributed by atoms with E-state index in [1.165, 1.54) is 0 Å². The van der Waals surface area contributed by atoms with Crippen LogP contribution in [0.25, 0.3) is 0 Å². The molecular formula is C20H32O4. The number of aliphatic hydroxyl groups is 2. The summed E-state index contributed by atoms with van der Waals surface area (Å²) >= 11 is 0. The van der Waals surface area contributed by atoms with Crippen molar-refractivity contribution in [1.82, 2.24) is 0 Å². The molecule has 0 amide bonds. The van der Waals surface area contributed by atoms with Crippen LogP contribution in [-0.4, -0.2) is 39.4 Å². The van der Waals surface area contributed by atoms with Gasteiger partial charge in [-0.25, -0.2) is 0 Å². The molecule has 4 fully saturated rings. The van der Waals surface area contributed by atoms with Crippen LogP contribution in [0.2, 0.25) is 0 Å². The number of ether oxygens (including phenoxy) is 2. The smallest absolute Gasteiger partial charge is 0.191 e. The van der Waals surface area contributed by atoms with Gasteiger partial charge in [-0.1, -0.05) is 20.4 Å². The Morgan fingerprint density at radius 1 is 1.21 bits per heavy atom. The van der Waals surface area contributed by atoms with Crippen LogP contribution in [0.5, 0.6) is 0 Å². The highest BCUT2D eigenvalue weighted by Crippen LogP contribution is 2.62. The molecule has 0 aromatic carbocycles. The fourth-order valence-electron chi connectivity index (χ4n) is 6.25. The molecule has 8 atom stereocenters. The standard InChI is InChI=1S/C20H32O4/c1-11(2)13-7-6-12(3)20-9-8-19(5,24-20)15-14(21)10-18(4,22)16(15)17(13)23-20/h11,13-17,21-22H,3,6-10H2,1-2,4-5H3/t13-,14+,15-,16-,17+,18-,19+,20+/m1/s1. The molecule has 2 N–H and O–H groups in total. The molecule has 4 nitrogen and oxygen atoms in total. The van der Waals surface area contributed by atoms with E-state index in [2.05, 4.69) is 27.4 Å². The Morgan fingerprint density at radius 2 is 1.92 bits per heavy atom. The van der Waals surface area contributed by atoms with Gasteiger partial charge in [0.05, 0.1) is 23.4 Å². The van der Waals surface area contributed by atoms with Gasteiger partial charge in [0.1, 0.15) is 0 Å². The predicted molar refractivity (Wildman–Crippen MR) is 91.3 cm³/mol. The second-order valence-electron chi connectivity index (χ2n) is 9.48. The predicted octanol–water partition coefficient (Wildman–Crippen LogP) is 3.02. The fraction of sp³-hybridized carbons (Fsp3) is 0.900. The molecule has 1 saturated carbocycles. The first-order valence-corrected chi connectivity index (χ1v) is 9.56. The van der Waals surface area contributed by atoms with E-state index in [0.29, 0.717) is 18.3 Å². The van der Waals surface area contributed by atoms with Gasteiger partial charge in [0.25, 0.3) is 0 Å². The average molecular weight is 336 g/mol. The molecule has 3 saturated heterocycles. The van der Waals surface area contributed by atoms with Gasteiger partial charge in [-0.05, 0) is 50.5 Å². The third-order valence-electron chi connectivity index (χ3n) is 7.47. The third kappa shape index (κ3) is 2.13. The number of rotatable bonds is 1. The number of hydrogen-bond donors (Lipinski definition) is 2. The summed E-state index contributed by atoms with van der Waals surface area (Å²) in [5.74, 6) is -0.107. The lowest BCUT2D eigenvalue weighted by Gasteiger charge is -2.43. The van der Waals surface area contributed by atoms with E-state index in [4.69, 9.17) is 9.47 Å². The van der Waals surface area contributed by atoms with Gasteiger partial charge in [-0.2, -0.15) is 0 Å². The maximum absolute atomic E-state index is 11.2. The molecule has 0 aromatic rings. The quantitative estimate of drug-likeness (QED) is 0.723. The van der Waals surface area contributed by atoms with Gasteiger partial charge in [-0.3, -0.25) is 0 Å². The van der Waals surface area contributed by atoms with E-state index in [9.17, 15) is 10.2 Å². The minimum atomic E-state index is -0.925. The summed E-state index contributed by atoms with van der Waals surface area (Å²) in [5, 5.41) is 22.0. The van der Waals surface area contributed by atoms with E-state index in [0.717, 1.165) is 31.3 Å². The lowest BCUT2D eigenvalue weighted by atomic mass is 9.68. The molecule has 0 aromatic heterocycles. The molecule has 3 heterocycles. The number of aliphatic hydroxyl groups excluding tert-OH is 1. The van der Waals surface area contributed by atoms with E-state index in [-0.39, 0.29) is 17.9 Å². The van der Waals surface area contributed by atoms with Crippen LogP contribution < -0.4 is 0 Å². The van der Waals surface area contributed by atoms with Gasteiger partial charge in [-0.15, -0.1) is 0 Å². The third-order valence-corrected chi connectivity index (χ3v) is 7.47. The second kappa shape index (κ2) is 5.06. The van der Waals surface area contributed by atoms with Crippen molar-refractivity contribution in [2.75, 3.05) is 0 Å². The van der Waals surface area contributed by atoms with Crippen LogP contribution in [-0.2, 0) is 9.47 Å². The number of fused-ring (bicyclic) bond motifs is 5. The van der Waals surface area contributed by atoms with E-state index < -0.39 is 23.1 Å². The topological polar surface area (TPSA) is 58.9 Å². The molecule has 1 spiro atoms. The summed E-state index contributed by atoms with van der Waals surface area (Å²) in [6.07, 6.45) is 3.34. The molecule has 0 radical (unpaired) electrons. The molecule has 3 aliphatic heterocycles. The molecule has 3 bridgehead atoms. The van der Waals surface area contributed by atoms with E-state index >= 15 is 0 Å². The largest absolute Gasteiger partial charge is 0.393 e. The van der Waals surface area contributed by atoms with Gasteiger partial charge in [0.2, 0.25) is 0 Å². The summed E-state index contributed by atoms with van der Waals surface area (Å²) in [6, 6.07) is 0. The molecule has 0 unspecified atom stereocenters. The molecular weight excluding hydrogens is 304 g/mol. The van der Waals surface area contributed by atoms with Crippen molar-refractivity contribution in [3.8, 4) is 0 Å². The Balaban J connectivity index is 1.88. The summed E-state index contributed by atoms with van der Waals surface area (Å²) in [4.78, 5) is 0. The molecule has 24 heavy (non-hydrogen) atoms. The number of hydrogen-bond acceptors (Lipinski definition) is 4. The van der Waals surface area contributed by atoms with Crippen LogP contribution in [0, 0.1) is 23.7 Å². The minimum Gasteiger partial charge on any atom is -0.393 e. The first-order valence-electron chi connectivity index (χ1n) is 9.56. The summed E-state index contributed by atoms with van der Waals surface area (Å²) in [6.45, 7) is 12.7. The normalized spacial score (nSPS) is 57.0. The van der Waals surface area contributed by atoms with Crippen molar-refractivity contribution in [2.24, 2.45) is 23.7 Å². The van der Waals surface area contributed by atoms with Crippen LogP contribution >= 0.6 is 0 Å². The average Bonchev–Trinajstić information content (AvgIpc) is 2.80. The zero-order valence-corrected chi connectivity index (χ0v) is 15.4. The Morgan fingerprint density at radius 3 is 2.58 bits per heavy atom. The van der Waals surface area contributed by atoms with Crippen LogP contribution in [0.4, 0.5) is 0 Å². The monoisotopic (exact) mass is 336 g/mol. The highest BCUT2D eigenvalue weighted by molar-refractivity contribution is 5.22. The summed E-state index contributed by atoms with van der Waals surface area (Å²) < 4.78 is 13.3. The van der Waals surface area contributed by atoms with Crippen molar-refractivity contribution >= 4 is 0 Å². The van der Waals surface area contributed by atoms with Crippen molar-refractivity contribution in [1.29, 1.82) is 0 Å². The SMILES string of the molecule is C=C1CC[C@H](C(C)C)[C@@H]2O[C@]13CC[C@](C)(O3)[C@H]1[C@H]2[C@](C)(O)C[C@@H]1O. The first-order chi connectivity index (χ1) is 11.1. The first kappa shape index (κ1) is 17.0. The Bertz CT molecular complexity index is 556. The van der Waals surface area contributed by atoms with E-state index in [1.807, 2.05) is 6.92 Å². The summed E-state index contributed by atoms with van der Waals surface area (Å²) in [5.41, 5.74) is -0.347. The van der Waals surface area contributed by atoms with Crippen molar-refractivity contribution in [3.63, 3.8) is 0 Å². The maximum Gasteiger partial charge on any atom is 0.191 e. The van der Waals surface area contributed by atoms with Crippen LogP contribution in [0.1, 0.15) is 59.8 Å².